The van der Waals surface area contributed by atoms with Crippen LogP contribution in [0.25, 0.3) is 0 Å². The van der Waals surface area contributed by atoms with Gasteiger partial charge in [0.15, 0.2) is 0 Å². The van der Waals surface area contributed by atoms with Gasteiger partial charge in [0.25, 0.3) is 0 Å². The number of carbonyl (C=O) groups is 1. The van der Waals surface area contributed by atoms with E-state index in [1.807, 2.05) is 4.90 Å². The maximum atomic E-state index is 10.9. The Morgan fingerprint density at radius 1 is 1.60 bits per heavy atom. The second-order valence-electron chi connectivity index (χ2n) is 3.06. The van der Waals surface area contributed by atoms with Gasteiger partial charge in [0.2, 0.25) is 0 Å². The van der Waals surface area contributed by atoms with Crippen LogP contribution in [0.2, 0.25) is 0 Å². The molecule has 2 nitrogen and oxygen atoms in total. The molecule has 0 aromatic rings. The van der Waals surface area contributed by atoms with Gasteiger partial charge in [-0.05, 0) is 0 Å². The molecule has 1 fully saturated rings. The third-order valence-electron chi connectivity index (χ3n) is 2.21. The Labute approximate surface area is 71.2 Å². The van der Waals surface area contributed by atoms with Gasteiger partial charge in [0.05, 0.1) is 0 Å². The molecule has 1 aliphatic heterocycles. The number of hydrogen-bond acceptors (Lipinski definition) is 1. The molecule has 1 atom stereocenters. The maximum absolute atomic E-state index is 10.9. The van der Waals surface area contributed by atoms with Crippen LogP contribution in [0, 0.1) is 0 Å². The van der Waals surface area contributed by atoms with Gasteiger partial charge in [0, 0.05) is 0 Å². The van der Waals surface area contributed by atoms with E-state index < -0.39 is 0 Å². The summed E-state index contributed by atoms with van der Waals surface area (Å²) < 4.78 is 0.478. The second kappa shape index (κ2) is 3.46. The normalized spacial score (nSPS) is 26.7. The van der Waals surface area contributed by atoms with E-state index in [9.17, 15) is 4.79 Å². The van der Waals surface area contributed by atoms with E-state index in [4.69, 9.17) is 0 Å². The van der Waals surface area contributed by atoms with Crippen LogP contribution in [-0.4, -0.2) is 39.8 Å². The average molecular weight is 133 g/mol. The Morgan fingerprint density at radius 2 is 2.30 bits per heavy atom. The minimum absolute atomic E-state index is 0.229. The number of likely N-dealkylation sites (tertiary alicyclic amines) is 1. The summed E-state index contributed by atoms with van der Waals surface area (Å²) in [5.41, 5.74) is 0. The van der Waals surface area contributed by atoms with Crippen molar-refractivity contribution in [1.29, 1.82) is 0 Å². The molecule has 10 heavy (non-hydrogen) atoms. The van der Waals surface area contributed by atoms with Gasteiger partial charge in [-0.3, -0.25) is 0 Å². The van der Waals surface area contributed by atoms with Crippen molar-refractivity contribution in [2.24, 2.45) is 0 Å². The molecule has 0 bridgehead atoms. The van der Waals surface area contributed by atoms with Crippen molar-refractivity contribution in [1.82, 2.24) is 4.90 Å². The molecular weight excluding hydrogens is 121 g/mol. The Balaban J connectivity index is 2.47. The van der Waals surface area contributed by atoms with Crippen LogP contribution in [0.15, 0.2) is 0 Å². The Bertz CT molecular complexity index is 138. The molecule has 1 unspecified atom stereocenters. The van der Waals surface area contributed by atoms with Crippen molar-refractivity contribution < 1.29 is 4.79 Å². The van der Waals surface area contributed by atoms with Crippen molar-refractivity contribution in [3.63, 3.8) is 0 Å². The zero-order valence-electron chi connectivity index (χ0n) is 6.76. The third-order valence-corrected chi connectivity index (χ3v) is 2.21. The molecule has 0 spiro atoms. The molecule has 0 aliphatic carbocycles. The quantitative estimate of drug-likeness (QED) is 0.441. The Hall–Kier alpha value is 0.0674. The average Bonchev–Trinajstić information content (AvgIpc) is 1.88. The molecule has 52 valence electrons. The first-order valence-corrected chi connectivity index (χ1v) is 3.99. The number of rotatable bonds is 0. The van der Waals surface area contributed by atoms with Crippen molar-refractivity contribution in [2.45, 2.75) is 30.9 Å². The zero-order valence-corrected chi connectivity index (χ0v) is 6.76. The van der Waals surface area contributed by atoms with Gasteiger partial charge in [-0.1, -0.05) is 0 Å². The number of amides is 1. The fraction of sp³-hybridized carbons (Fsp3) is 0.857. The van der Waals surface area contributed by atoms with Crippen molar-refractivity contribution >= 4 is 23.6 Å². The molecule has 0 aromatic heterocycles. The zero-order chi connectivity index (χ0) is 7.56. The van der Waals surface area contributed by atoms with Crippen molar-refractivity contribution in [3.8, 4) is 0 Å². The SMILES string of the molecule is [Li][CH]1CCCCN1C(C)=O. The van der Waals surface area contributed by atoms with Crippen LogP contribution in [0.3, 0.4) is 0 Å². The summed E-state index contributed by atoms with van der Waals surface area (Å²) >= 11 is 2.13. The summed E-state index contributed by atoms with van der Waals surface area (Å²) in [6, 6.07) is 0. The van der Waals surface area contributed by atoms with Crippen LogP contribution in [-0.2, 0) is 4.79 Å². The van der Waals surface area contributed by atoms with E-state index >= 15 is 0 Å². The van der Waals surface area contributed by atoms with Gasteiger partial charge < -0.3 is 0 Å². The summed E-state index contributed by atoms with van der Waals surface area (Å²) in [6.07, 6.45) is 3.65. The molecule has 0 N–H and O–H groups in total. The van der Waals surface area contributed by atoms with E-state index in [0.717, 1.165) is 6.54 Å². The first-order valence-electron chi connectivity index (χ1n) is 3.99. The summed E-state index contributed by atoms with van der Waals surface area (Å²) in [7, 11) is 0. The molecule has 1 saturated heterocycles. The summed E-state index contributed by atoms with van der Waals surface area (Å²) in [4.78, 5) is 12.9. The van der Waals surface area contributed by atoms with Gasteiger partial charge in [0.1, 0.15) is 0 Å². The Morgan fingerprint density at radius 3 is 2.70 bits per heavy atom. The fourth-order valence-electron chi connectivity index (χ4n) is 1.57. The van der Waals surface area contributed by atoms with Crippen LogP contribution in [0.4, 0.5) is 0 Å². The van der Waals surface area contributed by atoms with Crippen molar-refractivity contribution in [3.05, 3.63) is 0 Å². The topological polar surface area (TPSA) is 20.3 Å². The summed E-state index contributed by atoms with van der Waals surface area (Å²) in [6.45, 7) is 2.62. The van der Waals surface area contributed by atoms with Gasteiger partial charge in [-0.2, -0.15) is 0 Å². The van der Waals surface area contributed by atoms with Gasteiger partial charge in [-0.15, -0.1) is 0 Å². The third kappa shape index (κ3) is 1.77. The predicted molar refractivity (Wildman–Crippen MR) is 40.8 cm³/mol. The number of carbonyl (C=O) groups excluding carboxylic acids is 1. The molecule has 0 radical (unpaired) electrons. The number of piperidine rings is 1. The number of hydrogen-bond donors (Lipinski definition) is 0. The molecule has 1 aliphatic rings. The summed E-state index contributed by atoms with van der Waals surface area (Å²) in [5.74, 6) is 0.229. The fourth-order valence-corrected chi connectivity index (χ4v) is 1.57. The molecule has 0 aromatic carbocycles. The standard InChI is InChI=1S/C7H12NO.Li/c1-7(9)8-5-3-2-4-6-8;/h5H,2-4,6H2,1H3;. The second-order valence-corrected chi connectivity index (χ2v) is 3.06. The van der Waals surface area contributed by atoms with Gasteiger partial charge in [-0.25, -0.2) is 0 Å². The number of nitrogens with zero attached hydrogens (tertiary/aromatic N) is 1. The minimum atomic E-state index is 0.229. The van der Waals surface area contributed by atoms with Crippen LogP contribution in [0.5, 0.6) is 0 Å². The van der Waals surface area contributed by atoms with E-state index in [1.54, 1.807) is 6.92 Å². The first kappa shape index (κ1) is 8.17. The van der Waals surface area contributed by atoms with Crippen LogP contribution < -0.4 is 0 Å². The Kier molecular flexibility index (Phi) is 2.82. The first-order chi connectivity index (χ1) is 4.72. The monoisotopic (exact) mass is 133 g/mol. The van der Waals surface area contributed by atoms with E-state index in [-0.39, 0.29) is 5.91 Å². The molecule has 1 rings (SSSR count). The molecule has 3 heteroatoms. The molecule has 1 amide bonds. The van der Waals surface area contributed by atoms with E-state index in [2.05, 4.69) is 17.7 Å². The molecule has 1 heterocycles. The molecule has 0 saturated carbocycles. The van der Waals surface area contributed by atoms with Crippen molar-refractivity contribution in [2.75, 3.05) is 6.54 Å². The van der Waals surface area contributed by atoms with E-state index in [1.165, 1.54) is 19.3 Å². The van der Waals surface area contributed by atoms with E-state index in [0.29, 0.717) is 4.71 Å². The predicted octanol–water partition coefficient (Wildman–Crippen LogP) is 0.513. The van der Waals surface area contributed by atoms with Gasteiger partial charge >= 0.3 is 70.8 Å². The van der Waals surface area contributed by atoms with Crippen LogP contribution >= 0.6 is 0 Å². The molecular formula is C7H12LiNO. The van der Waals surface area contributed by atoms with Crippen LogP contribution in [0.1, 0.15) is 26.2 Å². The summed E-state index contributed by atoms with van der Waals surface area (Å²) in [5, 5.41) is 0.